The maximum Gasteiger partial charge on any atom is 0.270 e. The second kappa shape index (κ2) is 6.13. The Morgan fingerprint density at radius 2 is 1.83 bits per heavy atom. The molecule has 24 heavy (non-hydrogen) atoms. The third-order valence-electron chi connectivity index (χ3n) is 3.29. The maximum atomic E-state index is 12.3. The summed E-state index contributed by atoms with van der Waals surface area (Å²) in [6.07, 6.45) is 1.62. The number of sulfonamides is 1. The molecule has 0 saturated heterocycles. The van der Waals surface area contributed by atoms with Crippen molar-refractivity contribution in [3.63, 3.8) is 0 Å². The van der Waals surface area contributed by atoms with Crippen LogP contribution in [0.3, 0.4) is 0 Å². The summed E-state index contributed by atoms with van der Waals surface area (Å²) in [4.78, 5) is 9.96. The van der Waals surface area contributed by atoms with Crippen LogP contribution in [0.1, 0.15) is 0 Å². The van der Waals surface area contributed by atoms with E-state index in [0.717, 1.165) is 17.3 Å². The van der Waals surface area contributed by atoms with Crippen LogP contribution in [-0.2, 0) is 10.0 Å². The minimum atomic E-state index is -3.91. The average molecular weight is 344 g/mol. The van der Waals surface area contributed by atoms with Crippen molar-refractivity contribution in [1.82, 2.24) is 10.2 Å². The van der Waals surface area contributed by atoms with E-state index < -0.39 is 14.9 Å². The summed E-state index contributed by atoms with van der Waals surface area (Å²) in [6, 6.07) is 13.3. The van der Waals surface area contributed by atoms with Crippen LogP contribution < -0.4 is 4.72 Å². The van der Waals surface area contributed by atoms with Gasteiger partial charge in [-0.15, -0.1) is 0 Å². The van der Waals surface area contributed by atoms with Gasteiger partial charge < -0.3 is 0 Å². The molecule has 0 bridgehead atoms. The normalized spacial score (nSPS) is 11.2. The van der Waals surface area contributed by atoms with Crippen molar-refractivity contribution in [2.24, 2.45) is 0 Å². The maximum absolute atomic E-state index is 12.3. The van der Waals surface area contributed by atoms with Crippen molar-refractivity contribution in [2.75, 3.05) is 4.72 Å². The minimum absolute atomic E-state index is 0.172. The smallest absolute Gasteiger partial charge is 0.270 e. The molecule has 0 amide bonds. The van der Waals surface area contributed by atoms with Gasteiger partial charge in [0.25, 0.3) is 15.7 Å². The summed E-state index contributed by atoms with van der Waals surface area (Å²) in [5.41, 5.74) is 1.73. The van der Waals surface area contributed by atoms with Crippen LogP contribution >= 0.6 is 0 Å². The summed E-state index contributed by atoms with van der Waals surface area (Å²) >= 11 is 0. The van der Waals surface area contributed by atoms with Crippen molar-refractivity contribution in [3.8, 4) is 11.3 Å². The first-order chi connectivity index (χ1) is 11.5. The zero-order chi connectivity index (χ0) is 17.2. The Kier molecular flexibility index (Phi) is 4.00. The molecule has 1 aromatic heterocycles. The fraction of sp³-hybridized carbons (Fsp3) is 0. The zero-order valence-corrected chi connectivity index (χ0v) is 13.0. The van der Waals surface area contributed by atoms with Gasteiger partial charge in [-0.3, -0.25) is 19.9 Å². The quantitative estimate of drug-likeness (QED) is 0.545. The summed E-state index contributed by atoms with van der Waals surface area (Å²) < 4.78 is 27.1. The van der Waals surface area contributed by atoms with Gasteiger partial charge in [0.1, 0.15) is 0 Å². The molecular weight excluding hydrogens is 332 g/mol. The number of nitrogens with zero attached hydrogens (tertiary/aromatic N) is 2. The lowest BCUT2D eigenvalue weighted by Crippen LogP contribution is -2.13. The van der Waals surface area contributed by atoms with Crippen LogP contribution in [0, 0.1) is 10.1 Å². The average Bonchev–Trinajstić information content (AvgIpc) is 3.10. The highest BCUT2D eigenvalue weighted by Gasteiger charge is 2.17. The first kappa shape index (κ1) is 15.7. The molecular formula is C15H12N4O4S. The Morgan fingerprint density at radius 1 is 1.08 bits per heavy atom. The molecule has 122 valence electrons. The van der Waals surface area contributed by atoms with Crippen LogP contribution in [0.5, 0.6) is 0 Å². The fourth-order valence-electron chi connectivity index (χ4n) is 2.11. The number of non-ortho nitro benzene ring substituents is 1. The van der Waals surface area contributed by atoms with E-state index in [4.69, 9.17) is 0 Å². The van der Waals surface area contributed by atoms with E-state index in [1.165, 1.54) is 18.2 Å². The van der Waals surface area contributed by atoms with Gasteiger partial charge in [0.05, 0.1) is 15.5 Å². The van der Waals surface area contributed by atoms with E-state index in [2.05, 4.69) is 14.9 Å². The third-order valence-corrected chi connectivity index (χ3v) is 4.67. The molecule has 0 saturated carbocycles. The molecule has 0 unspecified atom stereocenters. The molecule has 2 N–H and O–H groups in total. The van der Waals surface area contributed by atoms with E-state index in [1.807, 2.05) is 0 Å². The molecule has 0 spiro atoms. The van der Waals surface area contributed by atoms with E-state index in [1.54, 1.807) is 36.5 Å². The second-order valence-corrected chi connectivity index (χ2v) is 6.59. The molecule has 0 aliphatic rings. The molecule has 0 radical (unpaired) electrons. The lowest BCUT2D eigenvalue weighted by atomic mass is 10.1. The molecule has 2 aromatic carbocycles. The number of H-pyrrole nitrogens is 1. The SMILES string of the molecule is O=[N+]([O-])c1cccc(S(=O)(=O)Nc2ccc(-c3ccn[nH]3)cc2)c1. The molecule has 8 nitrogen and oxygen atoms in total. The van der Waals surface area contributed by atoms with Crippen LogP contribution in [0.2, 0.25) is 0 Å². The Hall–Kier alpha value is -3.20. The Balaban J connectivity index is 1.84. The number of nitro groups is 1. The topological polar surface area (TPSA) is 118 Å². The van der Waals surface area contributed by atoms with Crippen LogP contribution in [-0.4, -0.2) is 23.5 Å². The molecule has 0 fully saturated rings. The van der Waals surface area contributed by atoms with Crippen LogP contribution in [0.4, 0.5) is 11.4 Å². The molecule has 0 aliphatic carbocycles. The predicted octanol–water partition coefficient (Wildman–Crippen LogP) is 2.79. The summed E-state index contributed by atoms with van der Waals surface area (Å²) in [5, 5.41) is 17.4. The number of aromatic nitrogens is 2. The van der Waals surface area contributed by atoms with Crippen LogP contribution in [0.25, 0.3) is 11.3 Å². The minimum Gasteiger partial charge on any atom is -0.280 e. The Bertz CT molecular complexity index is 967. The van der Waals surface area contributed by atoms with Gasteiger partial charge in [-0.1, -0.05) is 18.2 Å². The van der Waals surface area contributed by atoms with Gasteiger partial charge in [0, 0.05) is 24.0 Å². The molecule has 1 heterocycles. The van der Waals surface area contributed by atoms with Gasteiger partial charge in [-0.05, 0) is 29.8 Å². The number of rotatable bonds is 5. The van der Waals surface area contributed by atoms with E-state index >= 15 is 0 Å². The highest BCUT2D eigenvalue weighted by atomic mass is 32.2. The fourth-order valence-corrected chi connectivity index (χ4v) is 3.21. The number of anilines is 1. The van der Waals surface area contributed by atoms with Crippen molar-refractivity contribution in [2.45, 2.75) is 4.90 Å². The molecule has 3 aromatic rings. The largest absolute Gasteiger partial charge is 0.280 e. The lowest BCUT2D eigenvalue weighted by molar-refractivity contribution is -0.385. The van der Waals surface area contributed by atoms with Gasteiger partial charge >= 0.3 is 0 Å². The number of nitro benzene ring substituents is 1. The molecule has 9 heteroatoms. The summed E-state index contributed by atoms with van der Waals surface area (Å²) in [7, 11) is -3.91. The summed E-state index contributed by atoms with van der Waals surface area (Å²) in [6.45, 7) is 0. The van der Waals surface area contributed by atoms with Gasteiger partial charge in [-0.25, -0.2) is 8.42 Å². The van der Waals surface area contributed by atoms with E-state index in [0.29, 0.717) is 5.69 Å². The van der Waals surface area contributed by atoms with Gasteiger partial charge in [0.15, 0.2) is 0 Å². The zero-order valence-electron chi connectivity index (χ0n) is 12.2. The summed E-state index contributed by atoms with van der Waals surface area (Å²) in [5.74, 6) is 0. The third kappa shape index (κ3) is 3.25. The second-order valence-electron chi connectivity index (χ2n) is 4.91. The van der Waals surface area contributed by atoms with Crippen molar-refractivity contribution < 1.29 is 13.3 Å². The molecule has 0 atom stereocenters. The molecule has 3 rings (SSSR count). The number of aromatic amines is 1. The number of nitrogens with one attached hydrogen (secondary N) is 2. The standard InChI is InChI=1S/C15H12N4O4S/c20-19(21)13-2-1-3-14(10-13)24(22,23)18-12-6-4-11(5-7-12)15-8-9-16-17-15/h1-10,18H,(H,16,17). The van der Waals surface area contributed by atoms with Crippen LogP contribution in [0.15, 0.2) is 65.7 Å². The highest BCUT2D eigenvalue weighted by molar-refractivity contribution is 7.92. The van der Waals surface area contributed by atoms with E-state index in [9.17, 15) is 18.5 Å². The van der Waals surface area contributed by atoms with E-state index in [-0.39, 0.29) is 10.6 Å². The first-order valence-electron chi connectivity index (χ1n) is 6.83. The number of hydrogen-bond donors (Lipinski definition) is 2. The van der Waals surface area contributed by atoms with Crippen molar-refractivity contribution >= 4 is 21.4 Å². The van der Waals surface area contributed by atoms with Crippen molar-refractivity contribution in [1.29, 1.82) is 0 Å². The van der Waals surface area contributed by atoms with Gasteiger partial charge in [-0.2, -0.15) is 5.10 Å². The Morgan fingerprint density at radius 3 is 2.46 bits per heavy atom. The molecule has 0 aliphatic heterocycles. The lowest BCUT2D eigenvalue weighted by Gasteiger charge is -2.08. The van der Waals surface area contributed by atoms with Gasteiger partial charge in [0.2, 0.25) is 0 Å². The number of benzene rings is 2. The van der Waals surface area contributed by atoms with Crippen molar-refractivity contribution in [3.05, 3.63) is 70.9 Å². The first-order valence-corrected chi connectivity index (χ1v) is 8.31. The predicted molar refractivity (Wildman–Crippen MR) is 87.9 cm³/mol. The number of hydrogen-bond acceptors (Lipinski definition) is 5. The highest BCUT2D eigenvalue weighted by Crippen LogP contribution is 2.23. The Labute approximate surface area is 137 Å². The monoisotopic (exact) mass is 344 g/mol.